The van der Waals surface area contributed by atoms with Crippen molar-refractivity contribution in [1.29, 1.82) is 0 Å². The second kappa shape index (κ2) is 14.0. The van der Waals surface area contributed by atoms with Gasteiger partial charge in [-0.3, -0.25) is 13.9 Å². The second-order valence-corrected chi connectivity index (χ2v) is 11.9. The zero-order chi connectivity index (χ0) is 28.6. The van der Waals surface area contributed by atoms with Gasteiger partial charge in [0.15, 0.2) is 0 Å². The molecule has 2 amide bonds. The topological polar surface area (TPSA) is 86.8 Å². The summed E-state index contributed by atoms with van der Waals surface area (Å²) in [5.41, 5.74) is 0.901. The number of anilines is 1. The first-order valence-electron chi connectivity index (χ1n) is 12.4. The number of amides is 2. The van der Waals surface area contributed by atoms with Crippen LogP contribution in [0, 0.1) is 0 Å². The standard InChI is InChI=1S/C28H30Cl3N3O4S/c1-3-16-32-28(36)26(4-2)33(18-20-10-15-24(30)25(31)17-20)27(35)19-34(22-13-11-21(29)12-14-22)39(37,38)23-8-6-5-7-9-23/h5-15,17,26H,3-4,16,18-19H2,1-2H3,(H,32,36). The number of carbonyl (C=O) groups excluding carboxylic acids is 2. The van der Waals surface area contributed by atoms with Gasteiger partial charge in [-0.1, -0.05) is 72.9 Å². The number of hydrogen-bond donors (Lipinski definition) is 1. The minimum atomic E-state index is -4.14. The van der Waals surface area contributed by atoms with Crippen LogP contribution in [0.15, 0.2) is 77.7 Å². The Morgan fingerprint density at radius 3 is 2.15 bits per heavy atom. The Morgan fingerprint density at radius 1 is 0.897 bits per heavy atom. The zero-order valence-corrected chi connectivity index (χ0v) is 24.7. The Kier molecular flexibility index (Phi) is 11.1. The van der Waals surface area contributed by atoms with E-state index in [1.807, 2.05) is 6.92 Å². The molecule has 0 aliphatic heterocycles. The highest BCUT2D eigenvalue weighted by molar-refractivity contribution is 7.92. The molecule has 0 heterocycles. The molecule has 0 bridgehead atoms. The third kappa shape index (κ3) is 7.88. The monoisotopic (exact) mass is 609 g/mol. The maximum Gasteiger partial charge on any atom is 0.264 e. The molecule has 1 atom stereocenters. The van der Waals surface area contributed by atoms with E-state index in [2.05, 4.69) is 5.32 Å². The predicted octanol–water partition coefficient (Wildman–Crippen LogP) is 6.18. The molecule has 3 aromatic rings. The quantitative estimate of drug-likeness (QED) is 0.266. The highest BCUT2D eigenvalue weighted by atomic mass is 35.5. The fourth-order valence-electron chi connectivity index (χ4n) is 3.98. The van der Waals surface area contributed by atoms with Crippen LogP contribution in [0.3, 0.4) is 0 Å². The molecule has 0 radical (unpaired) electrons. The maximum absolute atomic E-state index is 14.0. The first kappa shape index (κ1) is 30.8. The Bertz CT molecular complexity index is 1390. The number of nitrogens with zero attached hydrogens (tertiary/aromatic N) is 2. The Morgan fingerprint density at radius 2 is 1.56 bits per heavy atom. The third-order valence-corrected chi connectivity index (χ3v) is 8.78. The molecule has 0 saturated heterocycles. The highest BCUT2D eigenvalue weighted by Gasteiger charge is 2.33. The summed E-state index contributed by atoms with van der Waals surface area (Å²) in [5, 5.41) is 3.92. The van der Waals surface area contributed by atoms with Crippen molar-refractivity contribution in [3.05, 3.63) is 93.4 Å². The molecule has 0 saturated carbocycles. The summed E-state index contributed by atoms with van der Waals surface area (Å²) < 4.78 is 28.5. The molecule has 0 fully saturated rings. The van der Waals surface area contributed by atoms with E-state index in [0.29, 0.717) is 33.6 Å². The molecule has 0 aliphatic rings. The van der Waals surface area contributed by atoms with Gasteiger partial charge >= 0.3 is 0 Å². The first-order valence-corrected chi connectivity index (χ1v) is 15.0. The zero-order valence-electron chi connectivity index (χ0n) is 21.6. The first-order chi connectivity index (χ1) is 18.6. The average molecular weight is 611 g/mol. The van der Waals surface area contributed by atoms with Crippen LogP contribution in [0.4, 0.5) is 5.69 Å². The lowest BCUT2D eigenvalue weighted by molar-refractivity contribution is -0.140. The third-order valence-electron chi connectivity index (χ3n) is 6.00. The van der Waals surface area contributed by atoms with Crippen molar-refractivity contribution < 1.29 is 18.0 Å². The highest BCUT2D eigenvalue weighted by Crippen LogP contribution is 2.27. The van der Waals surface area contributed by atoms with E-state index < -0.39 is 28.5 Å². The van der Waals surface area contributed by atoms with Gasteiger partial charge in [0.25, 0.3) is 10.0 Å². The van der Waals surface area contributed by atoms with Crippen LogP contribution in [0.2, 0.25) is 15.1 Å². The molecule has 0 aromatic heterocycles. The summed E-state index contributed by atoms with van der Waals surface area (Å²) in [6, 6.07) is 18.1. The average Bonchev–Trinajstić information content (AvgIpc) is 2.93. The summed E-state index contributed by atoms with van der Waals surface area (Å²) in [5.74, 6) is -0.884. The van der Waals surface area contributed by atoms with Crippen molar-refractivity contribution in [2.24, 2.45) is 0 Å². The Hall–Kier alpha value is -2.78. The van der Waals surface area contributed by atoms with E-state index in [4.69, 9.17) is 34.8 Å². The molecule has 208 valence electrons. The van der Waals surface area contributed by atoms with Crippen LogP contribution < -0.4 is 9.62 Å². The molecule has 3 aromatic carbocycles. The van der Waals surface area contributed by atoms with Crippen molar-refractivity contribution >= 4 is 62.3 Å². The minimum absolute atomic E-state index is 0.0214. The normalized spacial score (nSPS) is 12.0. The van der Waals surface area contributed by atoms with Crippen molar-refractivity contribution in [3.8, 4) is 0 Å². The van der Waals surface area contributed by atoms with Crippen LogP contribution >= 0.6 is 34.8 Å². The van der Waals surface area contributed by atoms with Crippen LogP contribution in [0.1, 0.15) is 32.3 Å². The number of halogens is 3. The molecule has 7 nitrogen and oxygen atoms in total. The van der Waals surface area contributed by atoms with Gasteiger partial charge in [0.2, 0.25) is 11.8 Å². The second-order valence-electron chi connectivity index (χ2n) is 8.79. The van der Waals surface area contributed by atoms with Crippen molar-refractivity contribution in [2.75, 3.05) is 17.4 Å². The Balaban J connectivity index is 2.04. The van der Waals surface area contributed by atoms with Crippen molar-refractivity contribution in [3.63, 3.8) is 0 Å². The molecule has 1 unspecified atom stereocenters. The van der Waals surface area contributed by atoms with E-state index in [9.17, 15) is 18.0 Å². The number of nitrogens with one attached hydrogen (secondary N) is 1. The number of hydrogen-bond acceptors (Lipinski definition) is 4. The molecular formula is C28H30Cl3N3O4S. The van der Waals surface area contributed by atoms with Gasteiger partial charge in [-0.05, 0) is 66.9 Å². The smallest absolute Gasteiger partial charge is 0.264 e. The van der Waals surface area contributed by atoms with E-state index in [-0.39, 0.29) is 23.0 Å². The number of rotatable bonds is 12. The van der Waals surface area contributed by atoms with Gasteiger partial charge in [0, 0.05) is 18.1 Å². The summed E-state index contributed by atoms with van der Waals surface area (Å²) in [7, 11) is -4.14. The van der Waals surface area contributed by atoms with E-state index in [0.717, 1.165) is 10.7 Å². The number of benzene rings is 3. The van der Waals surface area contributed by atoms with Gasteiger partial charge in [-0.25, -0.2) is 8.42 Å². The van der Waals surface area contributed by atoms with Gasteiger partial charge in [0.1, 0.15) is 12.6 Å². The number of sulfonamides is 1. The molecule has 0 spiro atoms. The fraction of sp³-hybridized carbons (Fsp3) is 0.286. The molecule has 0 aliphatic carbocycles. The molecule has 39 heavy (non-hydrogen) atoms. The molecule has 1 N–H and O–H groups in total. The van der Waals surface area contributed by atoms with Gasteiger partial charge < -0.3 is 10.2 Å². The van der Waals surface area contributed by atoms with Crippen LogP contribution in [-0.2, 0) is 26.2 Å². The van der Waals surface area contributed by atoms with Gasteiger partial charge in [-0.15, -0.1) is 0 Å². The fourth-order valence-corrected chi connectivity index (χ4v) is 5.86. The van der Waals surface area contributed by atoms with Crippen molar-refractivity contribution in [2.45, 2.75) is 44.2 Å². The lowest BCUT2D eigenvalue weighted by atomic mass is 10.1. The molecule has 11 heteroatoms. The van der Waals surface area contributed by atoms with Gasteiger partial charge in [-0.2, -0.15) is 0 Å². The van der Waals surface area contributed by atoms with E-state index >= 15 is 0 Å². The lowest BCUT2D eigenvalue weighted by Gasteiger charge is -2.33. The largest absolute Gasteiger partial charge is 0.354 e. The van der Waals surface area contributed by atoms with Crippen LogP contribution in [0.5, 0.6) is 0 Å². The molecule has 3 rings (SSSR count). The maximum atomic E-state index is 14.0. The Labute approximate surface area is 244 Å². The van der Waals surface area contributed by atoms with Gasteiger partial charge in [0.05, 0.1) is 20.6 Å². The SMILES string of the molecule is CCCNC(=O)C(CC)N(Cc1ccc(Cl)c(Cl)c1)C(=O)CN(c1ccc(Cl)cc1)S(=O)(=O)c1ccccc1. The van der Waals surface area contributed by atoms with Crippen molar-refractivity contribution in [1.82, 2.24) is 10.2 Å². The van der Waals surface area contributed by atoms with E-state index in [1.165, 1.54) is 29.2 Å². The van der Waals surface area contributed by atoms with E-state index in [1.54, 1.807) is 55.5 Å². The summed E-state index contributed by atoms with van der Waals surface area (Å²) in [4.78, 5) is 28.5. The van der Waals surface area contributed by atoms with Crippen LogP contribution in [0.25, 0.3) is 0 Å². The summed E-state index contributed by atoms with van der Waals surface area (Å²) >= 11 is 18.3. The predicted molar refractivity (Wildman–Crippen MR) is 157 cm³/mol. The number of carbonyl (C=O) groups is 2. The minimum Gasteiger partial charge on any atom is -0.354 e. The lowest BCUT2D eigenvalue weighted by Crippen LogP contribution is -2.52. The summed E-state index contributed by atoms with van der Waals surface area (Å²) in [6.45, 7) is 3.65. The summed E-state index contributed by atoms with van der Waals surface area (Å²) in [6.07, 6.45) is 1.04. The molecular weight excluding hydrogens is 581 g/mol. The van der Waals surface area contributed by atoms with Crippen LogP contribution in [-0.4, -0.2) is 44.3 Å².